The quantitative estimate of drug-likeness (QED) is 0.434. The average Bonchev–Trinajstić information content (AvgIpc) is 2.50. The fraction of sp³-hybridized carbons (Fsp3) is 0.778. The van der Waals surface area contributed by atoms with Gasteiger partial charge in [-0.25, -0.2) is 0 Å². The van der Waals surface area contributed by atoms with Crippen LogP contribution in [0.4, 0.5) is 13.2 Å². The molecule has 0 amide bonds. The highest BCUT2D eigenvalue weighted by Crippen LogP contribution is 2.26. The van der Waals surface area contributed by atoms with E-state index in [2.05, 4.69) is 15.9 Å². The van der Waals surface area contributed by atoms with E-state index in [9.17, 15) is 22.8 Å². The van der Waals surface area contributed by atoms with Gasteiger partial charge in [-0.2, -0.15) is 13.2 Å². The highest BCUT2D eigenvalue weighted by Gasteiger charge is 2.45. The molecule has 0 N–H and O–H groups in total. The number of rotatable bonds is 4. The third-order valence-electron chi connectivity index (χ3n) is 2.66. The molecule has 8 heteroatoms. The van der Waals surface area contributed by atoms with Crippen LogP contribution in [0.1, 0.15) is 0 Å². The van der Waals surface area contributed by atoms with Crippen LogP contribution in [0.5, 0.6) is 0 Å². The third-order valence-corrected chi connectivity index (χ3v) is 3.32. The van der Waals surface area contributed by atoms with Crippen molar-refractivity contribution in [1.82, 2.24) is 9.80 Å². The molecule has 1 fully saturated rings. The zero-order chi connectivity index (χ0) is 13.2. The summed E-state index contributed by atoms with van der Waals surface area (Å²) in [6, 6.07) is -1.45. The van der Waals surface area contributed by atoms with E-state index in [0.717, 1.165) is 4.90 Å². The summed E-state index contributed by atoms with van der Waals surface area (Å²) in [6.45, 7) is -1.07. The second-order valence-corrected chi connectivity index (χ2v) is 4.59. The van der Waals surface area contributed by atoms with Crippen molar-refractivity contribution in [3.8, 4) is 0 Å². The summed E-state index contributed by atoms with van der Waals surface area (Å²) >= 11 is 3.09. The minimum Gasteiger partial charge on any atom is -0.295 e. The van der Waals surface area contributed by atoms with Gasteiger partial charge in [0.05, 0.1) is 19.3 Å². The fourth-order valence-electron chi connectivity index (χ4n) is 2.03. The number of carbonyl (C=O) groups excluding carboxylic acids is 2. The van der Waals surface area contributed by atoms with Gasteiger partial charge in [0, 0.05) is 11.4 Å². The second kappa shape index (κ2) is 5.45. The number of alkyl halides is 4. The van der Waals surface area contributed by atoms with Gasteiger partial charge in [0.25, 0.3) is 0 Å². The molecule has 0 aliphatic carbocycles. The van der Waals surface area contributed by atoms with Crippen LogP contribution in [0.3, 0.4) is 0 Å². The molecule has 1 aliphatic rings. The Labute approximate surface area is 105 Å². The van der Waals surface area contributed by atoms with Crippen molar-refractivity contribution < 1.29 is 22.8 Å². The van der Waals surface area contributed by atoms with Crippen molar-refractivity contribution in [2.45, 2.75) is 18.3 Å². The molecule has 0 bridgehead atoms. The maximum absolute atomic E-state index is 12.3. The van der Waals surface area contributed by atoms with E-state index >= 15 is 0 Å². The lowest BCUT2D eigenvalue weighted by molar-refractivity contribution is -0.148. The van der Waals surface area contributed by atoms with Gasteiger partial charge >= 0.3 is 6.18 Å². The second-order valence-electron chi connectivity index (χ2n) is 3.95. The van der Waals surface area contributed by atoms with E-state index in [4.69, 9.17) is 0 Å². The first-order chi connectivity index (χ1) is 7.80. The normalized spacial score (nSPS) is 27.4. The predicted octanol–water partition coefficient (Wildman–Crippen LogP) is 0.654. The minimum atomic E-state index is -4.32. The first kappa shape index (κ1) is 14.6. The third kappa shape index (κ3) is 3.49. The Morgan fingerprint density at radius 3 is 2.53 bits per heavy atom. The summed E-state index contributed by atoms with van der Waals surface area (Å²) < 4.78 is 37.0. The molecule has 0 radical (unpaired) electrons. The van der Waals surface area contributed by atoms with E-state index in [1.54, 1.807) is 0 Å². The standard InChI is InChI=1S/C9H12BrF3N2O2/c1-14-5-15(4-9(11,12)13)6(2-10)8(14)7(17)3-16/h3,6,8H,2,4-5H2,1H3. The Kier molecular flexibility index (Phi) is 4.68. The molecule has 1 rings (SSSR count). The van der Waals surface area contributed by atoms with Crippen LogP contribution in [0.2, 0.25) is 0 Å². The Balaban J connectivity index is 2.83. The van der Waals surface area contributed by atoms with Crippen LogP contribution in [0, 0.1) is 0 Å². The van der Waals surface area contributed by atoms with E-state index in [1.165, 1.54) is 11.9 Å². The van der Waals surface area contributed by atoms with Gasteiger partial charge in [-0.3, -0.25) is 19.4 Å². The summed E-state index contributed by atoms with van der Waals surface area (Å²) in [5, 5.41) is 0.206. The smallest absolute Gasteiger partial charge is 0.295 e. The molecular formula is C9H12BrF3N2O2. The molecule has 1 heterocycles. The SMILES string of the molecule is CN1CN(CC(F)(F)F)C(CBr)C1C(=O)C=O. The van der Waals surface area contributed by atoms with Crippen LogP contribution in [-0.2, 0) is 9.59 Å². The van der Waals surface area contributed by atoms with Crippen molar-refractivity contribution >= 4 is 28.0 Å². The Bertz CT molecular complexity index is 311. The monoisotopic (exact) mass is 316 g/mol. The van der Waals surface area contributed by atoms with Gasteiger partial charge in [0.1, 0.15) is 0 Å². The molecule has 1 aliphatic heterocycles. The number of aldehydes is 1. The molecule has 4 nitrogen and oxygen atoms in total. The van der Waals surface area contributed by atoms with Crippen LogP contribution < -0.4 is 0 Å². The molecule has 0 aromatic heterocycles. The number of ketones is 1. The van der Waals surface area contributed by atoms with Crippen molar-refractivity contribution in [1.29, 1.82) is 0 Å². The fourth-order valence-corrected chi connectivity index (χ4v) is 2.79. The summed E-state index contributed by atoms with van der Waals surface area (Å²) in [5.41, 5.74) is 0. The van der Waals surface area contributed by atoms with Gasteiger partial charge in [-0.1, -0.05) is 15.9 Å². The number of hydrogen-bond donors (Lipinski definition) is 0. The molecule has 17 heavy (non-hydrogen) atoms. The molecule has 98 valence electrons. The van der Waals surface area contributed by atoms with Crippen LogP contribution in [0.25, 0.3) is 0 Å². The molecule has 1 saturated heterocycles. The summed E-state index contributed by atoms with van der Waals surface area (Å²) in [6.07, 6.45) is -4.16. The van der Waals surface area contributed by atoms with Gasteiger partial charge in [0.2, 0.25) is 5.78 Å². The molecule has 2 atom stereocenters. The van der Waals surface area contributed by atoms with Gasteiger partial charge in [-0.15, -0.1) is 0 Å². The lowest BCUT2D eigenvalue weighted by atomic mass is 10.1. The number of nitrogens with zero attached hydrogens (tertiary/aromatic N) is 2. The summed E-state index contributed by atoms with van der Waals surface area (Å²) in [5.74, 6) is -0.693. The topological polar surface area (TPSA) is 40.6 Å². The van der Waals surface area contributed by atoms with Gasteiger partial charge < -0.3 is 0 Å². The van der Waals surface area contributed by atoms with E-state index in [0.29, 0.717) is 0 Å². The molecule has 0 saturated carbocycles. The lowest BCUT2D eigenvalue weighted by Crippen LogP contribution is -2.46. The zero-order valence-corrected chi connectivity index (χ0v) is 10.7. The van der Waals surface area contributed by atoms with Crippen LogP contribution in [0.15, 0.2) is 0 Å². The maximum Gasteiger partial charge on any atom is 0.401 e. The molecule has 0 aromatic carbocycles. The van der Waals surface area contributed by atoms with Crippen LogP contribution in [-0.4, -0.2) is 65.7 Å². The number of likely N-dealkylation sites (N-methyl/N-ethyl adjacent to an activating group) is 1. The average molecular weight is 317 g/mol. The number of carbonyl (C=O) groups is 2. The Morgan fingerprint density at radius 1 is 1.53 bits per heavy atom. The number of Topliss-reactive ketones (excluding diaryl/α,β-unsaturated/α-hetero) is 1. The maximum atomic E-state index is 12.3. The zero-order valence-electron chi connectivity index (χ0n) is 9.08. The van der Waals surface area contributed by atoms with Gasteiger partial charge in [0.15, 0.2) is 6.29 Å². The van der Waals surface area contributed by atoms with Crippen molar-refractivity contribution in [2.75, 3.05) is 25.6 Å². The molecular weight excluding hydrogens is 305 g/mol. The lowest BCUT2D eigenvalue weighted by Gasteiger charge is -2.24. The summed E-state index contributed by atoms with van der Waals surface area (Å²) in [4.78, 5) is 24.4. The Hall–Kier alpha value is -0.470. The van der Waals surface area contributed by atoms with E-state index in [-0.39, 0.29) is 18.3 Å². The van der Waals surface area contributed by atoms with Crippen LogP contribution >= 0.6 is 15.9 Å². The van der Waals surface area contributed by atoms with E-state index in [1.807, 2.05) is 0 Å². The number of halogens is 4. The van der Waals surface area contributed by atoms with Crippen molar-refractivity contribution in [3.05, 3.63) is 0 Å². The van der Waals surface area contributed by atoms with E-state index < -0.39 is 30.6 Å². The summed E-state index contributed by atoms with van der Waals surface area (Å²) in [7, 11) is 1.53. The van der Waals surface area contributed by atoms with Crippen molar-refractivity contribution in [3.63, 3.8) is 0 Å². The Morgan fingerprint density at radius 2 is 2.12 bits per heavy atom. The van der Waals surface area contributed by atoms with Crippen molar-refractivity contribution in [2.24, 2.45) is 0 Å². The molecule has 2 unspecified atom stereocenters. The molecule has 0 spiro atoms. The minimum absolute atomic E-state index is 0.0139. The highest BCUT2D eigenvalue weighted by atomic mass is 79.9. The molecule has 0 aromatic rings. The largest absolute Gasteiger partial charge is 0.401 e. The van der Waals surface area contributed by atoms with Gasteiger partial charge in [-0.05, 0) is 7.05 Å². The number of hydrogen-bond acceptors (Lipinski definition) is 4. The first-order valence-electron chi connectivity index (χ1n) is 4.86. The first-order valence-corrected chi connectivity index (χ1v) is 5.98. The highest BCUT2D eigenvalue weighted by molar-refractivity contribution is 9.09. The predicted molar refractivity (Wildman–Crippen MR) is 57.8 cm³/mol.